The van der Waals surface area contributed by atoms with Gasteiger partial charge >= 0.3 is 5.97 Å². The molecule has 2 aromatic heterocycles. The zero-order valence-corrected chi connectivity index (χ0v) is 24.5. The fourth-order valence-electron chi connectivity index (χ4n) is 4.36. The van der Waals surface area contributed by atoms with Crippen molar-refractivity contribution in [3.05, 3.63) is 100 Å². The third kappa shape index (κ3) is 7.02. The number of pyridine rings is 1. The number of H-pyrrole nitrogens is 1. The average molecular weight is 595 g/mol. The predicted molar refractivity (Wildman–Crippen MR) is 161 cm³/mol. The molecule has 1 aliphatic heterocycles. The molecule has 1 aliphatic rings. The molecule has 11 heteroatoms. The van der Waals surface area contributed by atoms with Crippen molar-refractivity contribution in [2.24, 2.45) is 0 Å². The summed E-state index contributed by atoms with van der Waals surface area (Å²) in [4.78, 5) is 46.8. The Kier molecular flexibility index (Phi) is 11.3. The minimum Gasteiger partial charge on any atom is -0.461 e. The van der Waals surface area contributed by atoms with Gasteiger partial charge in [-0.15, -0.1) is 0 Å². The summed E-state index contributed by atoms with van der Waals surface area (Å²) in [5, 5.41) is 9.82. The van der Waals surface area contributed by atoms with E-state index in [0.717, 1.165) is 12.7 Å². The van der Waals surface area contributed by atoms with Crippen molar-refractivity contribution < 1.29 is 28.6 Å². The Bertz CT molecular complexity index is 1560. The van der Waals surface area contributed by atoms with Gasteiger partial charge in [-0.1, -0.05) is 25.4 Å². The summed E-state index contributed by atoms with van der Waals surface area (Å²) < 4.78 is 19.4. The van der Waals surface area contributed by atoms with Gasteiger partial charge in [-0.25, -0.2) is 14.2 Å². The number of fused-ring (bicyclic) bond motifs is 3. The first-order valence-electron chi connectivity index (χ1n) is 13.3. The lowest BCUT2D eigenvalue weighted by Gasteiger charge is -2.23. The maximum absolute atomic E-state index is 14.3. The standard InChI is InChI=1S/C28H22ClFN4O4.C2H6.CH4O/c1-2-38-28(37)22-14-17-11-13-34(23-15-18(30)7-10-20(23)24(17)33-22)27(36)16-5-8-19(9-6-16)32-26(35)21-4-3-12-31-25(21)29;2*1-2/h3-10,12,14-15,33H,2,11,13H2,1H3,(H,32,35);1-2H3;2H,1H3. The number of carbonyl (C=O) groups excluding carboxylic acids is 3. The van der Waals surface area contributed by atoms with E-state index in [1.807, 2.05) is 13.8 Å². The molecule has 0 fully saturated rings. The zero-order valence-electron chi connectivity index (χ0n) is 23.7. The number of nitrogens with one attached hydrogen (secondary N) is 2. The molecule has 0 saturated carbocycles. The fourth-order valence-corrected chi connectivity index (χ4v) is 4.57. The van der Waals surface area contributed by atoms with E-state index in [2.05, 4.69) is 15.3 Å². The molecule has 0 aliphatic carbocycles. The summed E-state index contributed by atoms with van der Waals surface area (Å²) in [6.45, 7) is 6.23. The minimum absolute atomic E-state index is 0.0862. The largest absolute Gasteiger partial charge is 0.461 e. The van der Waals surface area contributed by atoms with Crippen LogP contribution in [0.5, 0.6) is 0 Å². The van der Waals surface area contributed by atoms with Crippen LogP contribution in [0.1, 0.15) is 57.5 Å². The molecule has 0 saturated heterocycles. The molecule has 4 aromatic rings. The van der Waals surface area contributed by atoms with Crippen LogP contribution in [0.3, 0.4) is 0 Å². The number of anilines is 2. The third-order valence-corrected chi connectivity index (χ3v) is 6.46. The van der Waals surface area contributed by atoms with Gasteiger partial charge in [0, 0.05) is 36.7 Å². The number of hydrogen-bond acceptors (Lipinski definition) is 6. The zero-order chi connectivity index (χ0) is 30.8. The third-order valence-electron chi connectivity index (χ3n) is 6.16. The lowest BCUT2D eigenvalue weighted by atomic mass is 10.1. The highest BCUT2D eigenvalue weighted by Crippen LogP contribution is 2.37. The first-order valence-corrected chi connectivity index (χ1v) is 13.7. The lowest BCUT2D eigenvalue weighted by molar-refractivity contribution is 0.0520. The second-order valence-corrected chi connectivity index (χ2v) is 8.90. The minimum atomic E-state index is -0.491. The summed E-state index contributed by atoms with van der Waals surface area (Å²) in [6.07, 6.45) is 1.93. The number of aliphatic hydroxyl groups excluding tert-OH is 1. The highest BCUT2D eigenvalue weighted by atomic mass is 35.5. The van der Waals surface area contributed by atoms with Gasteiger partial charge in [0.1, 0.15) is 16.7 Å². The smallest absolute Gasteiger partial charge is 0.354 e. The van der Waals surface area contributed by atoms with Gasteiger partial charge in [0.25, 0.3) is 11.8 Å². The molecular formula is C31H32ClFN4O5. The number of ether oxygens (including phenoxy) is 1. The Hall–Kier alpha value is -4.54. The Morgan fingerprint density at radius 2 is 1.81 bits per heavy atom. The second kappa shape index (κ2) is 14.9. The monoisotopic (exact) mass is 594 g/mol. The molecule has 0 spiro atoms. The molecule has 0 unspecified atom stereocenters. The summed E-state index contributed by atoms with van der Waals surface area (Å²) in [5.74, 6) is -1.73. The van der Waals surface area contributed by atoms with Crippen LogP contribution in [0.2, 0.25) is 5.15 Å². The maximum atomic E-state index is 14.3. The van der Waals surface area contributed by atoms with E-state index >= 15 is 0 Å². The van der Waals surface area contributed by atoms with Crippen molar-refractivity contribution in [3.8, 4) is 11.3 Å². The number of aromatic nitrogens is 2. The van der Waals surface area contributed by atoms with E-state index in [0.29, 0.717) is 40.3 Å². The van der Waals surface area contributed by atoms with Crippen molar-refractivity contribution >= 4 is 40.8 Å². The van der Waals surface area contributed by atoms with Crippen molar-refractivity contribution in [1.82, 2.24) is 9.97 Å². The van der Waals surface area contributed by atoms with E-state index in [9.17, 15) is 18.8 Å². The SMILES string of the molecule is CC.CCOC(=O)c1cc2c([nH]1)-c1ccc(F)cc1N(C(=O)c1ccc(NC(=O)c3cccnc3Cl)cc1)CC2.CO. The van der Waals surface area contributed by atoms with Gasteiger partial charge in [-0.2, -0.15) is 0 Å². The van der Waals surface area contributed by atoms with Gasteiger partial charge in [-0.3, -0.25) is 9.59 Å². The second-order valence-electron chi connectivity index (χ2n) is 8.55. The van der Waals surface area contributed by atoms with Crippen LogP contribution < -0.4 is 10.2 Å². The topological polar surface area (TPSA) is 125 Å². The van der Waals surface area contributed by atoms with Crippen LogP contribution in [0.15, 0.2) is 66.9 Å². The van der Waals surface area contributed by atoms with E-state index in [4.69, 9.17) is 21.4 Å². The summed E-state index contributed by atoms with van der Waals surface area (Å²) in [5.41, 5.74) is 3.80. The van der Waals surface area contributed by atoms with Gasteiger partial charge in [0.2, 0.25) is 0 Å². The van der Waals surface area contributed by atoms with Crippen LogP contribution in [-0.2, 0) is 11.2 Å². The van der Waals surface area contributed by atoms with E-state index < -0.39 is 17.7 Å². The van der Waals surface area contributed by atoms with Crippen molar-refractivity contribution in [2.75, 3.05) is 30.5 Å². The number of hydrogen-bond donors (Lipinski definition) is 3. The summed E-state index contributed by atoms with van der Waals surface area (Å²) >= 11 is 5.99. The van der Waals surface area contributed by atoms with Crippen molar-refractivity contribution in [2.45, 2.75) is 27.2 Å². The normalized spacial score (nSPS) is 11.4. The molecule has 3 N–H and O–H groups in total. The molecule has 0 atom stereocenters. The van der Waals surface area contributed by atoms with Gasteiger partial charge < -0.3 is 25.0 Å². The Labute approximate surface area is 248 Å². The quantitative estimate of drug-likeness (QED) is 0.188. The van der Waals surface area contributed by atoms with Crippen molar-refractivity contribution in [1.29, 1.82) is 0 Å². The Balaban J connectivity index is 0.00000116. The Morgan fingerprint density at radius 1 is 1.10 bits per heavy atom. The molecule has 42 heavy (non-hydrogen) atoms. The molecule has 0 bridgehead atoms. The van der Waals surface area contributed by atoms with Gasteiger partial charge in [-0.05, 0) is 79.6 Å². The number of amides is 2. The van der Waals surface area contributed by atoms with E-state index in [1.165, 1.54) is 23.2 Å². The number of benzene rings is 2. The first kappa shape index (κ1) is 32.0. The van der Waals surface area contributed by atoms with E-state index in [1.54, 1.807) is 55.5 Å². The van der Waals surface area contributed by atoms with Gasteiger partial charge in [0.05, 0.1) is 23.6 Å². The number of aromatic amines is 1. The molecule has 3 heterocycles. The average Bonchev–Trinajstić information content (AvgIpc) is 3.38. The molecule has 2 amide bonds. The maximum Gasteiger partial charge on any atom is 0.354 e. The lowest BCUT2D eigenvalue weighted by Crippen LogP contribution is -2.32. The number of rotatable bonds is 5. The number of nitrogens with zero attached hydrogens (tertiary/aromatic N) is 2. The van der Waals surface area contributed by atoms with Crippen LogP contribution in [-0.4, -0.2) is 53.1 Å². The number of halogens is 2. The predicted octanol–water partition coefficient (Wildman–Crippen LogP) is 6.14. The number of aliphatic hydroxyl groups is 1. The Morgan fingerprint density at radius 3 is 2.48 bits per heavy atom. The molecule has 220 valence electrons. The summed E-state index contributed by atoms with van der Waals surface area (Å²) in [6, 6.07) is 15.5. The first-order chi connectivity index (χ1) is 20.4. The van der Waals surface area contributed by atoms with Crippen LogP contribution in [0.4, 0.5) is 15.8 Å². The number of carbonyl (C=O) groups is 3. The van der Waals surface area contributed by atoms with E-state index in [-0.39, 0.29) is 29.8 Å². The molecular weight excluding hydrogens is 563 g/mol. The summed E-state index contributed by atoms with van der Waals surface area (Å²) in [7, 11) is 1.00. The molecule has 0 radical (unpaired) electrons. The van der Waals surface area contributed by atoms with Crippen molar-refractivity contribution in [3.63, 3.8) is 0 Å². The highest BCUT2D eigenvalue weighted by Gasteiger charge is 2.28. The highest BCUT2D eigenvalue weighted by molar-refractivity contribution is 6.33. The molecule has 5 rings (SSSR count). The fraction of sp³-hybridized carbons (Fsp3) is 0.226. The molecule has 9 nitrogen and oxygen atoms in total. The van der Waals surface area contributed by atoms with Crippen LogP contribution >= 0.6 is 11.6 Å². The number of esters is 1. The molecule has 2 aromatic carbocycles. The van der Waals surface area contributed by atoms with Gasteiger partial charge in [0.15, 0.2) is 0 Å². The van der Waals surface area contributed by atoms with Crippen LogP contribution in [0, 0.1) is 5.82 Å². The van der Waals surface area contributed by atoms with Crippen LogP contribution in [0.25, 0.3) is 11.3 Å².